The number of aromatic nitrogens is 2. The highest BCUT2D eigenvalue weighted by atomic mass is 35.5. The quantitative estimate of drug-likeness (QED) is 0.687. The van der Waals surface area contributed by atoms with Gasteiger partial charge in [0.25, 0.3) is 5.69 Å². The molecule has 0 spiro atoms. The molecule has 7 heteroatoms. The van der Waals surface area contributed by atoms with Crippen molar-refractivity contribution in [1.29, 1.82) is 0 Å². The molecule has 6 nitrogen and oxygen atoms in total. The first-order chi connectivity index (χ1) is 9.06. The van der Waals surface area contributed by atoms with Crippen molar-refractivity contribution >= 4 is 23.0 Å². The predicted molar refractivity (Wildman–Crippen MR) is 72.2 cm³/mol. The summed E-state index contributed by atoms with van der Waals surface area (Å²) in [4.78, 5) is 18.6. The Morgan fingerprint density at radius 1 is 1.42 bits per heavy atom. The van der Waals surface area contributed by atoms with Crippen molar-refractivity contribution in [2.75, 3.05) is 5.32 Å². The van der Waals surface area contributed by atoms with Gasteiger partial charge in [-0.3, -0.25) is 10.1 Å². The van der Waals surface area contributed by atoms with Crippen molar-refractivity contribution in [3.63, 3.8) is 0 Å². The zero-order chi connectivity index (χ0) is 13.8. The number of rotatable bonds is 4. The molecule has 1 aromatic carbocycles. The highest BCUT2D eigenvalue weighted by molar-refractivity contribution is 6.30. The number of nitrogens with one attached hydrogen (secondary N) is 1. The molecule has 1 N–H and O–H groups in total. The minimum atomic E-state index is -0.473. The van der Waals surface area contributed by atoms with Crippen LogP contribution in [0, 0.1) is 17.0 Å². The molecular weight excluding hydrogens is 268 g/mol. The fraction of sp³-hybridized carbons (Fsp3) is 0.167. The third-order valence-corrected chi connectivity index (χ3v) is 2.69. The first-order valence-corrected chi connectivity index (χ1v) is 5.90. The van der Waals surface area contributed by atoms with Crippen LogP contribution in [-0.2, 0) is 6.54 Å². The van der Waals surface area contributed by atoms with E-state index >= 15 is 0 Å². The minimum Gasteiger partial charge on any atom is -0.374 e. The molecule has 0 aliphatic heterocycles. The second-order valence-corrected chi connectivity index (χ2v) is 4.30. The van der Waals surface area contributed by atoms with Crippen molar-refractivity contribution in [2.45, 2.75) is 13.5 Å². The number of nitro benzene ring substituents is 1. The molecule has 0 unspecified atom stereocenters. The summed E-state index contributed by atoms with van der Waals surface area (Å²) in [6.45, 7) is 2.17. The van der Waals surface area contributed by atoms with E-state index in [-0.39, 0.29) is 5.69 Å². The van der Waals surface area contributed by atoms with E-state index in [9.17, 15) is 10.1 Å². The highest BCUT2D eigenvalue weighted by Crippen LogP contribution is 2.27. The Hall–Kier alpha value is -2.21. The summed E-state index contributed by atoms with van der Waals surface area (Å²) in [5.74, 6) is 0.657. The standard InChI is InChI=1S/C12H11ClN4O2/c1-8-14-5-4-10(16-8)7-15-11-3-2-9(13)6-12(11)17(18)19/h2-6,15H,7H2,1H3. The number of aryl methyl sites for hydroxylation is 1. The molecule has 2 rings (SSSR count). The van der Waals surface area contributed by atoms with Crippen LogP contribution < -0.4 is 5.32 Å². The molecule has 2 aromatic rings. The largest absolute Gasteiger partial charge is 0.374 e. The van der Waals surface area contributed by atoms with Gasteiger partial charge in [0, 0.05) is 17.3 Å². The topological polar surface area (TPSA) is 81.0 Å². The van der Waals surface area contributed by atoms with Crippen molar-refractivity contribution < 1.29 is 4.92 Å². The lowest BCUT2D eigenvalue weighted by Gasteiger charge is -2.07. The van der Waals surface area contributed by atoms with Gasteiger partial charge in [0.05, 0.1) is 17.2 Å². The van der Waals surface area contributed by atoms with Crippen LogP contribution in [0.4, 0.5) is 11.4 Å². The molecule has 0 saturated carbocycles. The molecule has 0 aliphatic carbocycles. The number of nitrogens with zero attached hydrogens (tertiary/aromatic N) is 3. The van der Waals surface area contributed by atoms with E-state index < -0.39 is 4.92 Å². The van der Waals surface area contributed by atoms with Crippen LogP contribution in [0.1, 0.15) is 11.5 Å². The fourth-order valence-electron chi connectivity index (χ4n) is 1.59. The van der Waals surface area contributed by atoms with E-state index in [1.165, 1.54) is 6.07 Å². The molecule has 0 saturated heterocycles. The maximum atomic E-state index is 10.9. The summed E-state index contributed by atoms with van der Waals surface area (Å²) in [5.41, 5.74) is 1.11. The van der Waals surface area contributed by atoms with Crippen molar-refractivity contribution in [3.05, 3.63) is 57.1 Å². The summed E-state index contributed by atoms with van der Waals surface area (Å²) in [7, 11) is 0. The van der Waals surface area contributed by atoms with Crippen LogP contribution in [0.5, 0.6) is 0 Å². The molecule has 0 radical (unpaired) electrons. The number of anilines is 1. The molecule has 0 amide bonds. The van der Waals surface area contributed by atoms with E-state index in [1.807, 2.05) is 0 Å². The second kappa shape index (κ2) is 5.62. The summed E-state index contributed by atoms with van der Waals surface area (Å²) < 4.78 is 0. The van der Waals surface area contributed by atoms with Crippen LogP contribution >= 0.6 is 11.6 Å². The lowest BCUT2D eigenvalue weighted by Crippen LogP contribution is -2.05. The van der Waals surface area contributed by atoms with Gasteiger partial charge >= 0.3 is 0 Å². The molecule has 0 atom stereocenters. The van der Waals surface area contributed by atoms with Gasteiger partial charge in [-0.15, -0.1) is 0 Å². The lowest BCUT2D eigenvalue weighted by molar-refractivity contribution is -0.383. The van der Waals surface area contributed by atoms with Crippen LogP contribution in [0.3, 0.4) is 0 Å². The molecule has 98 valence electrons. The van der Waals surface area contributed by atoms with Gasteiger partial charge in [-0.1, -0.05) is 11.6 Å². The van der Waals surface area contributed by atoms with Crippen LogP contribution in [0.15, 0.2) is 30.5 Å². The van der Waals surface area contributed by atoms with E-state index in [2.05, 4.69) is 15.3 Å². The minimum absolute atomic E-state index is 0.0571. The zero-order valence-corrected chi connectivity index (χ0v) is 10.9. The van der Waals surface area contributed by atoms with E-state index in [1.54, 1.807) is 31.3 Å². The van der Waals surface area contributed by atoms with Gasteiger partial charge in [-0.2, -0.15) is 0 Å². The van der Waals surface area contributed by atoms with Crippen molar-refractivity contribution in [3.8, 4) is 0 Å². The first kappa shape index (κ1) is 13.2. The predicted octanol–water partition coefficient (Wildman–Crippen LogP) is 2.96. The van der Waals surface area contributed by atoms with Crippen LogP contribution in [0.25, 0.3) is 0 Å². The third-order valence-electron chi connectivity index (χ3n) is 2.45. The number of benzene rings is 1. The average Bonchev–Trinajstić information content (AvgIpc) is 2.37. The maximum Gasteiger partial charge on any atom is 0.293 e. The number of halogens is 1. The Morgan fingerprint density at radius 3 is 2.89 bits per heavy atom. The van der Waals surface area contributed by atoms with Gasteiger partial charge in [-0.05, 0) is 25.1 Å². The number of hydrogen-bond acceptors (Lipinski definition) is 5. The van der Waals surface area contributed by atoms with E-state index in [0.29, 0.717) is 23.1 Å². The zero-order valence-electron chi connectivity index (χ0n) is 10.1. The Bertz CT molecular complexity index is 618. The van der Waals surface area contributed by atoms with E-state index in [0.717, 1.165) is 5.69 Å². The van der Waals surface area contributed by atoms with Gasteiger partial charge in [0.15, 0.2) is 0 Å². The smallest absolute Gasteiger partial charge is 0.293 e. The van der Waals surface area contributed by atoms with Gasteiger partial charge in [0.1, 0.15) is 11.5 Å². The maximum absolute atomic E-state index is 10.9. The SMILES string of the molecule is Cc1nccc(CNc2ccc(Cl)cc2[N+](=O)[O-])n1. The highest BCUT2D eigenvalue weighted by Gasteiger charge is 2.13. The van der Waals surface area contributed by atoms with Gasteiger partial charge in [0.2, 0.25) is 0 Å². The number of nitro groups is 1. The Morgan fingerprint density at radius 2 is 2.21 bits per heavy atom. The molecule has 0 bridgehead atoms. The normalized spacial score (nSPS) is 10.2. The number of hydrogen-bond donors (Lipinski definition) is 1. The van der Waals surface area contributed by atoms with Gasteiger partial charge in [-0.25, -0.2) is 9.97 Å². The summed E-state index contributed by atoms with van der Waals surface area (Å²) in [6.07, 6.45) is 1.65. The fourth-order valence-corrected chi connectivity index (χ4v) is 1.76. The summed E-state index contributed by atoms with van der Waals surface area (Å²) >= 11 is 5.75. The molecule has 0 fully saturated rings. The lowest BCUT2D eigenvalue weighted by atomic mass is 10.2. The van der Waals surface area contributed by atoms with E-state index in [4.69, 9.17) is 11.6 Å². The second-order valence-electron chi connectivity index (χ2n) is 3.87. The van der Waals surface area contributed by atoms with Crippen LogP contribution in [-0.4, -0.2) is 14.9 Å². The van der Waals surface area contributed by atoms with Crippen molar-refractivity contribution in [1.82, 2.24) is 9.97 Å². The molecular formula is C12H11ClN4O2. The van der Waals surface area contributed by atoms with Crippen molar-refractivity contribution in [2.24, 2.45) is 0 Å². The average molecular weight is 279 g/mol. The molecule has 0 aliphatic rings. The summed E-state index contributed by atoms with van der Waals surface area (Å²) in [5, 5.41) is 14.2. The summed E-state index contributed by atoms with van der Waals surface area (Å²) in [6, 6.07) is 6.24. The first-order valence-electron chi connectivity index (χ1n) is 5.52. The monoisotopic (exact) mass is 278 g/mol. The molecule has 19 heavy (non-hydrogen) atoms. The Kier molecular flexibility index (Phi) is 3.91. The third kappa shape index (κ3) is 3.38. The molecule has 1 aromatic heterocycles. The van der Waals surface area contributed by atoms with Crippen LogP contribution in [0.2, 0.25) is 5.02 Å². The Labute approximate surface area is 114 Å². The Balaban J connectivity index is 2.17. The molecule has 1 heterocycles. The van der Waals surface area contributed by atoms with Gasteiger partial charge < -0.3 is 5.32 Å².